The van der Waals surface area contributed by atoms with E-state index in [4.69, 9.17) is 15.0 Å². The average molecular weight is 306 g/mol. The first-order chi connectivity index (χ1) is 9.90. The van der Waals surface area contributed by atoms with Crippen molar-refractivity contribution in [3.05, 3.63) is 42.5 Å². The Balaban J connectivity index is 2.30. The molecule has 109 valence electrons. The van der Waals surface area contributed by atoms with E-state index in [0.29, 0.717) is 11.4 Å². The van der Waals surface area contributed by atoms with Crippen molar-refractivity contribution in [1.29, 1.82) is 0 Å². The second-order valence-electron chi connectivity index (χ2n) is 4.06. The molecular weight excluding hydrogens is 294 g/mol. The molecular formula is C13H12N3O4S. The number of nitrogens with zero attached hydrogens (tertiary/aromatic N) is 2. The van der Waals surface area contributed by atoms with Crippen LogP contribution in [0.2, 0.25) is 0 Å². The lowest BCUT2D eigenvalue weighted by Gasteiger charge is -2.03. The fourth-order valence-corrected chi connectivity index (χ4v) is 2.08. The molecule has 7 nitrogen and oxygen atoms in total. The number of hydrogen-bond donors (Lipinski definition) is 1. The van der Waals surface area contributed by atoms with Gasteiger partial charge in [-0.05, 0) is 30.3 Å². The molecule has 2 aromatic carbocycles. The fraction of sp³-hybridized carbons (Fsp3) is 0.0769. The van der Waals surface area contributed by atoms with E-state index in [1.807, 2.05) is 0 Å². The minimum absolute atomic E-state index is 0.227. The van der Waals surface area contributed by atoms with Crippen molar-refractivity contribution in [2.24, 2.45) is 10.2 Å². The van der Waals surface area contributed by atoms with Gasteiger partial charge < -0.3 is 4.74 Å². The zero-order valence-corrected chi connectivity index (χ0v) is 11.8. The molecule has 0 fully saturated rings. The Morgan fingerprint density at radius 3 is 2.38 bits per heavy atom. The van der Waals surface area contributed by atoms with Gasteiger partial charge in [0, 0.05) is 6.07 Å². The van der Waals surface area contributed by atoms with E-state index in [-0.39, 0.29) is 16.3 Å². The first kappa shape index (κ1) is 14.9. The molecule has 0 unspecified atom stereocenters. The number of benzene rings is 2. The lowest BCUT2D eigenvalue weighted by atomic mass is 10.2. The third kappa shape index (κ3) is 3.77. The molecule has 0 aliphatic carbocycles. The molecule has 0 heterocycles. The van der Waals surface area contributed by atoms with Crippen LogP contribution in [-0.2, 0) is 10.1 Å². The maximum Gasteiger partial charge on any atom is 0.294 e. The standard InChI is InChI=1S/C13H12N3O4S/c1-20-13-8-10(5-6-12(13)14)16-15-9-3-2-4-11(7-9)21(17,18)19/h2-8,14H,1H3,(H,17,18,19). The van der Waals surface area contributed by atoms with Crippen LogP contribution < -0.4 is 10.5 Å². The van der Waals surface area contributed by atoms with Crippen molar-refractivity contribution in [2.45, 2.75) is 4.90 Å². The summed E-state index contributed by atoms with van der Waals surface area (Å²) in [6, 6.07) is 10.1. The Kier molecular flexibility index (Phi) is 4.20. The van der Waals surface area contributed by atoms with Gasteiger partial charge in [-0.2, -0.15) is 18.6 Å². The highest BCUT2D eigenvalue weighted by molar-refractivity contribution is 7.85. The molecule has 0 aromatic heterocycles. The predicted octanol–water partition coefficient (Wildman–Crippen LogP) is 3.27. The van der Waals surface area contributed by atoms with Gasteiger partial charge in [0.25, 0.3) is 10.1 Å². The van der Waals surface area contributed by atoms with Crippen molar-refractivity contribution in [3.63, 3.8) is 0 Å². The van der Waals surface area contributed by atoms with E-state index in [1.165, 1.54) is 31.4 Å². The lowest BCUT2D eigenvalue weighted by molar-refractivity contribution is 0.416. The Morgan fingerprint density at radius 1 is 1.10 bits per heavy atom. The molecule has 0 bridgehead atoms. The van der Waals surface area contributed by atoms with Gasteiger partial charge in [-0.1, -0.05) is 6.07 Å². The Bertz CT molecular complexity index is 788. The summed E-state index contributed by atoms with van der Waals surface area (Å²) in [6.07, 6.45) is 0. The summed E-state index contributed by atoms with van der Waals surface area (Å²) >= 11 is 0. The molecule has 0 saturated carbocycles. The van der Waals surface area contributed by atoms with Gasteiger partial charge >= 0.3 is 0 Å². The molecule has 21 heavy (non-hydrogen) atoms. The average Bonchev–Trinajstić information content (AvgIpc) is 2.46. The van der Waals surface area contributed by atoms with Crippen molar-refractivity contribution >= 4 is 27.2 Å². The van der Waals surface area contributed by atoms with Crippen molar-refractivity contribution in [1.82, 2.24) is 5.73 Å². The topological polar surface area (TPSA) is 112 Å². The van der Waals surface area contributed by atoms with Gasteiger partial charge in [0.2, 0.25) is 0 Å². The number of rotatable bonds is 4. The van der Waals surface area contributed by atoms with Crippen LogP contribution in [0.5, 0.6) is 5.75 Å². The molecule has 0 atom stereocenters. The van der Waals surface area contributed by atoms with Crippen molar-refractivity contribution in [3.8, 4) is 5.75 Å². The molecule has 0 aliphatic rings. The maximum atomic E-state index is 11.0. The zero-order chi connectivity index (χ0) is 15.5. The number of hydrogen-bond acceptors (Lipinski definition) is 5. The molecule has 1 radical (unpaired) electrons. The maximum absolute atomic E-state index is 11.0. The van der Waals surface area contributed by atoms with E-state index in [0.717, 1.165) is 0 Å². The molecule has 0 aliphatic heterocycles. The molecule has 0 spiro atoms. The van der Waals surface area contributed by atoms with Gasteiger partial charge in [0.1, 0.15) is 5.75 Å². The van der Waals surface area contributed by atoms with Crippen LogP contribution in [0.4, 0.5) is 17.1 Å². The largest absolute Gasteiger partial charge is 0.494 e. The molecule has 2 aromatic rings. The summed E-state index contributed by atoms with van der Waals surface area (Å²) in [5, 5.41) is 7.82. The SMILES string of the molecule is COc1cc(N=Nc2cccc(S(=O)(=O)O)c2)ccc1[NH]. The molecule has 2 rings (SSSR count). The van der Waals surface area contributed by atoms with Crippen LogP contribution in [0.15, 0.2) is 57.6 Å². The minimum Gasteiger partial charge on any atom is -0.494 e. The first-order valence-corrected chi connectivity index (χ1v) is 7.23. The summed E-state index contributed by atoms with van der Waals surface area (Å²) < 4.78 is 36.0. The summed E-state index contributed by atoms with van der Waals surface area (Å²) in [6.45, 7) is 0. The van der Waals surface area contributed by atoms with Gasteiger partial charge in [0.15, 0.2) is 0 Å². The van der Waals surface area contributed by atoms with Crippen LogP contribution >= 0.6 is 0 Å². The van der Waals surface area contributed by atoms with Gasteiger partial charge in [0.05, 0.1) is 29.1 Å². The van der Waals surface area contributed by atoms with Crippen LogP contribution in [0.25, 0.3) is 0 Å². The predicted molar refractivity (Wildman–Crippen MR) is 76.2 cm³/mol. The monoisotopic (exact) mass is 306 g/mol. The highest BCUT2D eigenvalue weighted by atomic mass is 32.2. The number of nitrogens with one attached hydrogen (secondary N) is 1. The third-order valence-electron chi connectivity index (χ3n) is 2.58. The van der Waals surface area contributed by atoms with E-state index in [1.54, 1.807) is 18.2 Å². The molecule has 0 amide bonds. The summed E-state index contributed by atoms with van der Waals surface area (Å²) in [4.78, 5) is -0.252. The minimum atomic E-state index is -4.27. The second kappa shape index (κ2) is 5.90. The molecule has 2 N–H and O–H groups in total. The van der Waals surface area contributed by atoms with E-state index < -0.39 is 10.1 Å². The van der Waals surface area contributed by atoms with Crippen LogP contribution in [0.1, 0.15) is 0 Å². The Morgan fingerprint density at radius 2 is 1.76 bits per heavy atom. The van der Waals surface area contributed by atoms with E-state index >= 15 is 0 Å². The van der Waals surface area contributed by atoms with Crippen molar-refractivity contribution in [2.75, 3.05) is 7.11 Å². The highest BCUT2D eigenvalue weighted by Crippen LogP contribution is 2.29. The summed E-state index contributed by atoms with van der Waals surface area (Å²) in [7, 11) is -2.82. The molecule has 0 saturated heterocycles. The quantitative estimate of drug-likeness (QED) is 0.689. The van der Waals surface area contributed by atoms with Crippen LogP contribution in [-0.4, -0.2) is 20.1 Å². The van der Waals surface area contributed by atoms with Gasteiger partial charge in [-0.25, -0.2) is 0 Å². The highest BCUT2D eigenvalue weighted by Gasteiger charge is 2.09. The number of ether oxygens (including phenoxy) is 1. The summed E-state index contributed by atoms with van der Waals surface area (Å²) in [5.41, 5.74) is 8.53. The normalized spacial score (nSPS) is 11.7. The van der Waals surface area contributed by atoms with E-state index in [2.05, 4.69) is 10.2 Å². The zero-order valence-electron chi connectivity index (χ0n) is 11.0. The first-order valence-electron chi connectivity index (χ1n) is 5.79. The van der Waals surface area contributed by atoms with Crippen LogP contribution in [0.3, 0.4) is 0 Å². The van der Waals surface area contributed by atoms with Gasteiger partial charge in [-0.3, -0.25) is 10.3 Å². The third-order valence-corrected chi connectivity index (χ3v) is 3.43. The van der Waals surface area contributed by atoms with Crippen molar-refractivity contribution < 1.29 is 17.7 Å². The second-order valence-corrected chi connectivity index (χ2v) is 5.48. The Hall–Kier alpha value is -2.45. The summed E-state index contributed by atoms with van der Waals surface area (Å²) in [5.74, 6) is 0.359. The Labute approximate surface area is 121 Å². The molecule has 8 heteroatoms. The van der Waals surface area contributed by atoms with Gasteiger partial charge in [-0.15, -0.1) is 0 Å². The number of azo groups is 1. The lowest BCUT2D eigenvalue weighted by Crippen LogP contribution is -1.96. The smallest absolute Gasteiger partial charge is 0.294 e. The fourth-order valence-electron chi connectivity index (χ4n) is 1.56. The number of methoxy groups -OCH3 is 1. The van der Waals surface area contributed by atoms with Crippen LogP contribution in [0, 0.1) is 0 Å². The van der Waals surface area contributed by atoms with E-state index in [9.17, 15) is 8.42 Å².